The number of carbonyl (C=O) groups excluding carboxylic acids is 2. The van der Waals surface area contributed by atoms with Crippen LogP contribution in [0.3, 0.4) is 0 Å². The smallest absolute Gasteiger partial charge is 0.305 e. The number of carbonyl (C=O) groups is 2. The van der Waals surface area contributed by atoms with Crippen molar-refractivity contribution in [3.05, 3.63) is 12.2 Å². The molecule has 2 unspecified atom stereocenters. The van der Waals surface area contributed by atoms with Crippen molar-refractivity contribution in [3.63, 3.8) is 0 Å². The molecule has 6 heteroatoms. The zero-order valence-corrected chi connectivity index (χ0v) is 55.3. The molecule has 0 saturated heterocycles. The molecule has 0 aromatic heterocycles. The molecule has 1 amide bonds. The molecule has 0 aromatic rings. The summed E-state index contributed by atoms with van der Waals surface area (Å²) in [6, 6.07) is -0.622. The molecule has 2 atom stereocenters. The number of allylic oxidation sites excluding steroid dienone is 1. The zero-order valence-electron chi connectivity index (χ0n) is 55.3. The van der Waals surface area contributed by atoms with Gasteiger partial charge in [-0.3, -0.25) is 9.59 Å². The highest BCUT2D eigenvalue weighted by atomic mass is 16.5. The molecule has 0 aliphatic carbocycles. The van der Waals surface area contributed by atoms with Crippen LogP contribution in [-0.2, 0) is 14.3 Å². The summed E-state index contributed by atoms with van der Waals surface area (Å²) in [6.07, 6.45) is 89.0. The van der Waals surface area contributed by atoms with Crippen molar-refractivity contribution in [1.29, 1.82) is 0 Å². The third kappa shape index (κ3) is 67.6. The summed E-state index contributed by atoms with van der Waals surface area (Å²) in [6.45, 7) is 4.94. The van der Waals surface area contributed by atoms with Crippen LogP contribution in [0.2, 0.25) is 0 Å². The molecule has 81 heavy (non-hydrogen) atoms. The lowest BCUT2D eigenvalue weighted by molar-refractivity contribution is -0.143. The Hall–Kier alpha value is -1.40. The molecule has 482 valence electrons. The fourth-order valence-corrected chi connectivity index (χ4v) is 12.1. The van der Waals surface area contributed by atoms with E-state index in [-0.39, 0.29) is 18.5 Å². The van der Waals surface area contributed by atoms with Gasteiger partial charge in [0.1, 0.15) is 0 Å². The van der Waals surface area contributed by atoms with Gasteiger partial charge < -0.3 is 20.3 Å². The van der Waals surface area contributed by atoms with Gasteiger partial charge in [0.2, 0.25) is 5.91 Å². The number of hydrogen-bond donors (Lipinski definition) is 3. The molecule has 0 aromatic carbocycles. The Balaban J connectivity index is 3.28. The van der Waals surface area contributed by atoms with Crippen molar-refractivity contribution in [2.45, 2.75) is 443 Å². The van der Waals surface area contributed by atoms with Crippen LogP contribution >= 0.6 is 0 Å². The number of esters is 1. The maximum Gasteiger partial charge on any atom is 0.305 e. The van der Waals surface area contributed by atoms with Gasteiger partial charge in [0.15, 0.2) is 0 Å². The molecule has 3 N–H and O–H groups in total. The molecule has 0 radical (unpaired) electrons. The van der Waals surface area contributed by atoms with Gasteiger partial charge >= 0.3 is 5.97 Å². The minimum Gasteiger partial charge on any atom is -0.466 e. The topological polar surface area (TPSA) is 95.9 Å². The van der Waals surface area contributed by atoms with Crippen LogP contribution in [0.1, 0.15) is 431 Å². The second kappa shape index (κ2) is 71.1. The molecule has 0 saturated carbocycles. The fraction of sp³-hybridized carbons (Fsp3) is 0.947. The highest BCUT2D eigenvalue weighted by molar-refractivity contribution is 5.76. The zero-order chi connectivity index (χ0) is 58.5. The average molecular weight is 1140 g/mol. The van der Waals surface area contributed by atoms with E-state index in [1.807, 2.05) is 6.08 Å². The lowest BCUT2D eigenvalue weighted by atomic mass is 10.0. The Bertz CT molecular complexity index is 1220. The third-order valence-electron chi connectivity index (χ3n) is 17.8. The summed E-state index contributed by atoms with van der Waals surface area (Å²) in [5.41, 5.74) is 0. The normalized spacial score (nSPS) is 12.5. The predicted molar refractivity (Wildman–Crippen MR) is 357 cm³/mol. The summed E-state index contributed by atoms with van der Waals surface area (Å²) in [7, 11) is 0. The Labute approximate surface area is 508 Å². The lowest BCUT2D eigenvalue weighted by Gasteiger charge is -2.20. The Kier molecular flexibility index (Phi) is 69.9. The Morgan fingerprint density at radius 2 is 0.568 bits per heavy atom. The van der Waals surface area contributed by atoms with E-state index in [1.54, 1.807) is 6.08 Å². The van der Waals surface area contributed by atoms with E-state index in [2.05, 4.69) is 19.2 Å². The van der Waals surface area contributed by atoms with Crippen molar-refractivity contribution in [3.8, 4) is 0 Å². The van der Waals surface area contributed by atoms with E-state index < -0.39 is 12.1 Å². The highest BCUT2D eigenvalue weighted by Gasteiger charge is 2.18. The van der Waals surface area contributed by atoms with E-state index in [0.29, 0.717) is 19.4 Å². The van der Waals surface area contributed by atoms with Crippen LogP contribution in [0.4, 0.5) is 0 Å². The summed E-state index contributed by atoms with van der Waals surface area (Å²) in [5.74, 6) is -0.0337. The van der Waals surface area contributed by atoms with E-state index >= 15 is 0 Å². The van der Waals surface area contributed by atoms with Crippen LogP contribution in [0.25, 0.3) is 0 Å². The molecule has 0 aliphatic heterocycles. The van der Waals surface area contributed by atoms with Gasteiger partial charge in [-0.15, -0.1) is 0 Å². The number of nitrogens with one attached hydrogen (secondary N) is 1. The molecule has 0 fully saturated rings. The summed E-state index contributed by atoms with van der Waals surface area (Å²) >= 11 is 0. The first-order valence-electron chi connectivity index (χ1n) is 37.5. The van der Waals surface area contributed by atoms with Crippen LogP contribution in [-0.4, -0.2) is 47.4 Å². The number of rotatable bonds is 71. The second-order valence-electron chi connectivity index (χ2n) is 26.0. The lowest BCUT2D eigenvalue weighted by Crippen LogP contribution is -2.45. The Morgan fingerprint density at radius 1 is 0.333 bits per heavy atom. The van der Waals surface area contributed by atoms with Crippen LogP contribution < -0.4 is 5.32 Å². The first-order valence-corrected chi connectivity index (χ1v) is 37.5. The number of amides is 1. The van der Waals surface area contributed by atoms with E-state index in [0.717, 1.165) is 38.5 Å². The molecule has 0 heterocycles. The first-order chi connectivity index (χ1) is 40.0. The highest BCUT2D eigenvalue weighted by Crippen LogP contribution is 2.20. The number of aliphatic hydroxyl groups excluding tert-OH is 2. The van der Waals surface area contributed by atoms with Gasteiger partial charge in [-0.25, -0.2) is 0 Å². The molecule has 0 bridgehead atoms. The average Bonchev–Trinajstić information content (AvgIpc) is 3.47. The van der Waals surface area contributed by atoms with Crippen LogP contribution in [0.15, 0.2) is 12.2 Å². The molecular formula is C75H147NO5. The van der Waals surface area contributed by atoms with Crippen molar-refractivity contribution >= 4 is 11.9 Å². The van der Waals surface area contributed by atoms with Crippen LogP contribution in [0.5, 0.6) is 0 Å². The SMILES string of the molecule is CCCCCCCCCCCC/C=C/C(O)C(CO)NC(=O)CCCCCCCCCCCCCCCCCCCCCCCCCCCCCCCCCCCCCOC(=O)CCCCCCCCCCCCCCCCCCC. The minimum absolute atomic E-state index is 0.0273. The van der Waals surface area contributed by atoms with Crippen molar-refractivity contribution in [2.24, 2.45) is 0 Å². The van der Waals surface area contributed by atoms with Crippen LogP contribution in [0, 0.1) is 0 Å². The first kappa shape index (κ1) is 79.6. The summed E-state index contributed by atoms with van der Waals surface area (Å²) in [5, 5.41) is 23.1. The molecule has 0 aliphatic rings. The molecule has 0 spiro atoms. The van der Waals surface area contributed by atoms with E-state index in [1.165, 1.54) is 366 Å². The summed E-state index contributed by atoms with van der Waals surface area (Å²) in [4.78, 5) is 24.6. The number of unbranched alkanes of at least 4 members (excludes halogenated alkanes) is 60. The maximum atomic E-state index is 12.5. The predicted octanol–water partition coefficient (Wildman–Crippen LogP) is 24.3. The largest absolute Gasteiger partial charge is 0.466 e. The molecular weight excluding hydrogens is 995 g/mol. The number of ether oxygens (including phenoxy) is 1. The van der Waals surface area contributed by atoms with Crippen molar-refractivity contribution in [1.82, 2.24) is 5.32 Å². The van der Waals surface area contributed by atoms with Gasteiger partial charge in [0, 0.05) is 12.8 Å². The van der Waals surface area contributed by atoms with Gasteiger partial charge in [-0.2, -0.15) is 0 Å². The monoisotopic (exact) mass is 1140 g/mol. The van der Waals surface area contributed by atoms with Gasteiger partial charge in [-0.05, 0) is 32.1 Å². The minimum atomic E-state index is -0.839. The number of aliphatic hydroxyl groups is 2. The number of hydrogen-bond acceptors (Lipinski definition) is 5. The molecule has 0 rings (SSSR count). The van der Waals surface area contributed by atoms with Crippen molar-refractivity contribution in [2.75, 3.05) is 13.2 Å². The molecule has 6 nitrogen and oxygen atoms in total. The van der Waals surface area contributed by atoms with Gasteiger partial charge in [0.25, 0.3) is 0 Å². The quantitative estimate of drug-likeness (QED) is 0.0320. The third-order valence-corrected chi connectivity index (χ3v) is 17.8. The Morgan fingerprint density at radius 3 is 0.840 bits per heavy atom. The van der Waals surface area contributed by atoms with Gasteiger partial charge in [-0.1, -0.05) is 398 Å². The fourth-order valence-electron chi connectivity index (χ4n) is 12.1. The standard InChI is InChI=1S/C75H147NO5/c1-3-5-7-9-11-13-15-17-18-38-42-45-49-53-57-61-65-69-75(80)81-70-66-62-58-54-50-46-43-40-37-35-33-31-29-27-25-23-21-19-20-22-24-26-28-30-32-34-36-39-41-44-48-52-56-60-64-68-74(79)76-72(71-77)73(78)67-63-59-55-51-47-16-14-12-10-8-6-4-2/h63,67,72-73,77-78H,3-62,64-66,68-71H2,1-2H3,(H,76,79)/b67-63+. The van der Waals surface area contributed by atoms with Gasteiger partial charge in [0.05, 0.1) is 25.4 Å². The second-order valence-corrected chi connectivity index (χ2v) is 26.0. The van der Waals surface area contributed by atoms with Crippen molar-refractivity contribution < 1.29 is 24.5 Å². The van der Waals surface area contributed by atoms with E-state index in [9.17, 15) is 19.8 Å². The van der Waals surface area contributed by atoms with E-state index in [4.69, 9.17) is 4.74 Å². The maximum absolute atomic E-state index is 12.5. The summed E-state index contributed by atoms with van der Waals surface area (Å²) < 4.78 is 5.51.